The van der Waals surface area contributed by atoms with Crippen molar-refractivity contribution < 1.29 is 17.2 Å². The van der Waals surface area contributed by atoms with Gasteiger partial charge in [0, 0.05) is 38.4 Å². The molecule has 0 amide bonds. The molecule has 1 aliphatic heterocycles. The topological polar surface area (TPSA) is 91.3 Å². The summed E-state index contributed by atoms with van der Waals surface area (Å²) in [5.41, 5.74) is 1.43. The van der Waals surface area contributed by atoms with Crippen molar-refractivity contribution in [2.45, 2.75) is 5.75 Å². The van der Waals surface area contributed by atoms with E-state index in [9.17, 15) is 22.0 Å². The minimum absolute atomic E-state index is 0.0336. The van der Waals surface area contributed by atoms with Gasteiger partial charge >= 0.3 is 0 Å². The van der Waals surface area contributed by atoms with Gasteiger partial charge in [0.05, 0.1) is 34.6 Å². The third kappa shape index (κ3) is 4.79. The van der Waals surface area contributed by atoms with Gasteiger partial charge in [0.25, 0.3) is 5.56 Å². The SMILES string of the molecule is O=c1c(-c2ccc[nH]2)c(N2CCN(S(=O)(=O)Cc3ccccc3)CC2)cnn1-c1cc(F)cc(F)c1. The first-order chi connectivity index (χ1) is 17.3. The van der Waals surface area contributed by atoms with Crippen molar-refractivity contribution in [3.05, 3.63) is 101 Å². The van der Waals surface area contributed by atoms with Crippen LogP contribution >= 0.6 is 0 Å². The summed E-state index contributed by atoms with van der Waals surface area (Å²) < 4.78 is 55.9. The van der Waals surface area contributed by atoms with Gasteiger partial charge in [-0.05, 0) is 29.8 Å². The molecule has 0 unspecified atom stereocenters. The minimum atomic E-state index is -3.51. The van der Waals surface area contributed by atoms with Crippen LogP contribution in [0, 0.1) is 11.6 Å². The van der Waals surface area contributed by atoms with Crippen LogP contribution in [-0.2, 0) is 15.8 Å². The number of H-pyrrole nitrogens is 1. The lowest BCUT2D eigenvalue weighted by Crippen LogP contribution is -2.49. The normalized spacial score (nSPS) is 14.8. The highest BCUT2D eigenvalue weighted by molar-refractivity contribution is 7.88. The van der Waals surface area contributed by atoms with Gasteiger partial charge < -0.3 is 9.88 Å². The number of sulfonamides is 1. The van der Waals surface area contributed by atoms with Crippen LogP contribution in [0.5, 0.6) is 0 Å². The highest BCUT2D eigenvalue weighted by Gasteiger charge is 2.29. The molecule has 1 saturated heterocycles. The standard InChI is InChI=1S/C25H23F2N5O3S/c26-19-13-20(27)15-21(14-19)32-25(33)24(22-7-4-8-28-22)23(16-29-32)30-9-11-31(12-10-30)36(34,35)17-18-5-2-1-3-6-18/h1-8,13-16,28H,9-12,17H2. The van der Waals surface area contributed by atoms with Crippen LogP contribution < -0.4 is 10.5 Å². The zero-order chi connectivity index (χ0) is 25.3. The van der Waals surface area contributed by atoms with Crippen LogP contribution in [0.15, 0.2) is 77.9 Å². The number of piperazine rings is 1. The van der Waals surface area contributed by atoms with E-state index < -0.39 is 27.2 Å². The lowest BCUT2D eigenvalue weighted by atomic mass is 10.1. The molecule has 3 heterocycles. The summed E-state index contributed by atoms with van der Waals surface area (Å²) in [7, 11) is -3.51. The average molecular weight is 512 g/mol. The van der Waals surface area contributed by atoms with Crippen LogP contribution in [0.25, 0.3) is 16.9 Å². The molecule has 0 aliphatic carbocycles. The molecule has 186 valence electrons. The Kier molecular flexibility index (Phi) is 6.42. The quantitative estimate of drug-likeness (QED) is 0.430. The van der Waals surface area contributed by atoms with Gasteiger partial charge in [-0.2, -0.15) is 14.1 Å². The second-order valence-corrected chi connectivity index (χ2v) is 10.4. The van der Waals surface area contributed by atoms with E-state index in [1.807, 2.05) is 11.0 Å². The molecule has 1 fully saturated rings. The number of nitrogens with one attached hydrogen (secondary N) is 1. The molecule has 0 saturated carbocycles. The Labute approximate surface area is 206 Å². The van der Waals surface area contributed by atoms with E-state index in [4.69, 9.17) is 0 Å². The maximum atomic E-state index is 13.8. The summed E-state index contributed by atoms with van der Waals surface area (Å²) in [4.78, 5) is 18.4. The first-order valence-corrected chi connectivity index (χ1v) is 12.9. The van der Waals surface area contributed by atoms with E-state index in [1.54, 1.807) is 42.6 Å². The van der Waals surface area contributed by atoms with Gasteiger partial charge in [0.15, 0.2) is 0 Å². The number of hydrogen-bond acceptors (Lipinski definition) is 5. The molecular weight excluding hydrogens is 488 g/mol. The summed E-state index contributed by atoms with van der Waals surface area (Å²) in [6.07, 6.45) is 3.13. The van der Waals surface area contributed by atoms with Crippen LogP contribution in [0.2, 0.25) is 0 Å². The van der Waals surface area contributed by atoms with E-state index in [-0.39, 0.29) is 30.1 Å². The maximum Gasteiger partial charge on any atom is 0.282 e. The maximum absolute atomic E-state index is 13.8. The average Bonchev–Trinajstić information content (AvgIpc) is 3.38. The lowest BCUT2D eigenvalue weighted by Gasteiger charge is -2.36. The predicted molar refractivity (Wildman–Crippen MR) is 132 cm³/mol. The Hall–Kier alpha value is -3.83. The Morgan fingerprint density at radius 1 is 0.917 bits per heavy atom. The van der Waals surface area contributed by atoms with E-state index in [2.05, 4.69) is 10.1 Å². The monoisotopic (exact) mass is 511 g/mol. The van der Waals surface area contributed by atoms with Crippen molar-refractivity contribution in [1.82, 2.24) is 19.1 Å². The molecular formula is C25H23F2N5O3S. The van der Waals surface area contributed by atoms with E-state index >= 15 is 0 Å². The highest BCUT2D eigenvalue weighted by Crippen LogP contribution is 2.28. The Balaban J connectivity index is 1.44. The molecule has 11 heteroatoms. The largest absolute Gasteiger partial charge is 0.367 e. The fraction of sp³-hybridized carbons (Fsp3) is 0.200. The highest BCUT2D eigenvalue weighted by atomic mass is 32.2. The van der Waals surface area contributed by atoms with Crippen LogP contribution in [-0.4, -0.2) is 53.7 Å². The number of rotatable bonds is 6. The number of aromatic nitrogens is 3. The molecule has 1 N–H and O–H groups in total. The zero-order valence-electron chi connectivity index (χ0n) is 19.1. The number of hydrogen-bond donors (Lipinski definition) is 1. The summed E-state index contributed by atoms with van der Waals surface area (Å²) >= 11 is 0. The molecule has 0 atom stereocenters. The summed E-state index contributed by atoms with van der Waals surface area (Å²) in [6.45, 7) is 1.19. The van der Waals surface area contributed by atoms with Gasteiger partial charge in [-0.1, -0.05) is 30.3 Å². The molecule has 8 nitrogen and oxygen atoms in total. The van der Waals surface area contributed by atoms with Gasteiger partial charge in [-0.15, -0.1) is 0 Å². The second-order valence-electron chi connectivity index (χ2n) is 8.46. The van der Waals surface area contributed by atoms with Crippen molar-refractivity contribution in [2.75, 3.05) is 31.1 Å². The minimum Gasteiger partial charge on any atom is -0.367 e. The van der Waals surface area contributed by atoms with E-state index in [1.165, 1.54) is 10.5 Å². The lowest BCUT2D eigenvalue weighted by molar-refractivity contribution is 0.384. The van der Waals surface area contributed by atoms with Crippen molar-refractivity contribution in [3.8, 4) is 16.9 Å². The molecule has 0 spiro atoms. The van der Waals surface area contributed by atoms with Crippen molar-refractivity contribution in [2.24, 2.45) is 0 Å². The van der Waals surface area contributed by atoms with Gasteiger partial charge in [0.2, 0.25) is 10.0 Å². The Morgan fingerprint density at radius 2 is 1.61 bits per heavy atom. The van der Waals surface area contributed by atoms with Gasteiger partial charge in [0.1, 0.15) is 11.6 Å². The molecule has 2 aromatic heterocycles. The van der Waals surface area contributed by atoms with Crippen molar-refractivity contribution in [3.63, 3.8) is 0 Å². The Morgan fingerprint density at radius 3 is 2.25 bits per heavy atom. The fourth-order valence-electron chi connectivity index (χ4n) is 4.35. The molecule has 1 aliphatic rings. The van der Waals surface area contributed by atoms with Crippen molar-refractivity contribution >= 4 is 15.7 Å². The molecule has 36 heavy (non-hydrogen) atoms. The van der Waals surface area contributed by atoms with Crippen LogP contribution in [0.4, 0.5) is 14.5 Å². The molecule has 0 bridgehead atoms. The van der Waals surface area contributed by atoms with Crippen LogP contribution in [0.1, 0.15) is 5.56 Å². The number of nitrogens with zero attached hydrogens (tertiary/aromatic N) is 4. The van der Waals surface area contributed by atoms with Crippen LogP contribution in [0.3, 0.4) is 0 Å². The number of halogens is 2. The predicted octanol–water partition coefficient (Wildman–Crippen LogP) is 3.16. The number of benzene rings is 2. The summed E-state index contributed by atoms with van der Waals surface area (Å²) in [5, 5.41) is 4.18. The molecule has 4 aromatic rings. The smallest absolute Gasteiger partial charge is 0.282 e. The second kappa shape index (κ2) is 9.67. The van der Waals surface area contributed by atoms with E-state index in [0.717, 1.165) is 28.4 Å². The van der Waals surface area contributed by atoms with Gasteiger partial charge in [-0.25, -0.2) is 17.2 Å². The van der Waals surface area contributed by atoms with Crippen molar-refractivity contribution in [1.29, 1.82) is 0 Å². The van der Waals surface area contributed by atoms with E-state index in [0.29, 0.717) is 24.5 Å². The van der Waals surface area contributed by atoms with Gasteiger partial charge in [-0.3, -0.25) is 4.79 Å². The first-order valence-electron chi connectivity index (χ1n) is 11.3. The Bertz CT molecular complexity index is 1510. The third-order valence-corrected chi connectivity index (χ3v) is 7.93. The zero-order valence-corrected chi connectivity index (χ0v) is 20.0. The molecule has 5 rings (SSSR count). The molecule has 0 radical (unpaired) electrons. The fourth-order valence-corrected chi connectivity index (χ4v) is 5.87. The summed E-state index contributed by atoms with van der Waals surface area (Å²) in [5.74, 6) is -1.72. The number of anilines is 1. The number of aromatic amines is 1. The molecule has 2 aromatic carbocycles. The third-order valence-electron chi connectivity index (χ3n) is 6.08. The summed E-state index contributed by atoms with van der Waals surface area (Å²) in [6, 6.07) is 15.2. The first kappa shape index (κ1) is 23.9.